The van der Waals surface area contributed by atoms with Gasteiger partial charge in [-0.2, -0.15) is 0 Å². The molecule has 0 aliphatic carbocycles. The molecule has 2 aromatic rings. The van der Waals surface area contributed by atoms with Gasteiger partial charge in [0.1, 0.15) is 0 Å². The summed E-state index contributed by atoms with van der Waals surface area (Å²) in [7, 11) is 0. The molecule has 2 rings (SSSR count). The van der Waals surface area contributed by atoms with E-state index in [2.05, 4.69) is 10.3 Å². The third-order valence-corrected chi connectivity index (χ3v) is 3.70. The van der Waals surface area contributed by atoms with Crippen LogP contribution in [0.4, 0.5) is 0 Å². The normalized spacial score (nSPS) is 13.7. The van der Waals surface area contributed by atoms with Gasteiger partial charge >= 0.3 is 0 Å². The number of nitrogens with zero attached hydrogens (tertiary/aromatic N) is 2. The number of aliphatic hydroxyl groups excluding tert-OH is 1. The molecule has 2 atom stereocenters. The number of carbonyl (C=O) groups excluding carboxylic acids is 1. The minimum absolute atomic E-state index is 0.172. The number of aromatic nitrogens is 2. The number of benzene rings is 1. The number of amides is 1. The highest BCUT2D eigenvalue weighted by atomic mass is 16.3. The lowest BCUT2D eigenvalue weighted by Crippen LogP contribution is -2.35. The predicted molar refractivity (Wildman–Crippen MR) is 81.4 cm³/mol. The smallest absolute Gasteiger partial charge is 0.251 e. The SMILES string of the molecule is CCC(C)C(O)CNC(=O)c1ccc(-n2ccnc2)cc1. The Balaban J connectivity index is 1.94. The zero-order chi connectivity index (χ0) is 15.2. The van der Waals surface area contributed by atoms with E-state index < -0.39 is 6.10 Å². The van der Waals surface area contributed by atoms with E-state index in [1.807, 2.05) is 36.7 Å². The van der Waals surface area contributed by atoms with Crippen molar-refractivity contribution in [2.24, 2.45) is 5.92 Å². The molecule has 2 unspecified atom stereocenters. The van der Waals surface area contributed by atoms with E-state index in [9.17, 15) is 9.90 Å². The van der Waals surface area contributed by atoms with Crippen molar-refractivity contribution in [3.05, 3.63) is 48.5 Å². The van der Waals surface area contributed by atoms with Crippen molar-refractivity contribution in [2.45, 2.75) is 26.4 Å². The van der Waals surface area contributed by atoms with Gasteiger partial charge in [0.15, 0.2) is 0 Å². The minimum Gasteiger partial charge on any atom is -0.391 e. The molecule has 5 heteroatoms. The quantitative estimate of drug-likeness (QED) is 0.854. The van der Waals surface area contributed by atoms with Crippen LogP contribution in [0.1, 0.15) is 30.6 Å². The Kier molecular flexibility index (Phi) is 5.11. The second-order valence-electron chi connectivity index (χ2n) is 5.18. The maximum atomic E-state index is 12.0. The molecule has 5 nitrogen and oxygen atoms in total. The number of rotatable bonds is 6. The van der Waals surface area contributed by atoms with Crippen LogP contribution in [-0.2, 0) is 0 Å². The van der Waals surface area contributed by atoms with Crippen LogP contribution in [0, 0.1) is 5.92 Å². The van der Waals surface area contributed by atoms with Gasteiger partial charge in [-0.05, 0) is 30.2 Å². The van der Waals surface area contributed by atoms with E-state index in [-0.39, 0.29) is 18.4 Å². The number of hydrogen-bond acceptors (Lipinski definition) is 3. The Bertz CT molecular complexity index is 564. The largest absolute Gasteiger partial charge is 0.391 e. The fourth-order valence-electron chi connectivity index (χ4n) is 1.97. The molecule has 0 aliphatic rings. The molecule has 0 spiro atoms. The highest BCUT2D eigenvalue weighted by Gasteiger charge is 2.14. The van der Waals surface area contributed by atoms with Crippen molar-refractivity contribution in [1.29, 1.82) is 0 Å². The van der Waals surface area contributed by atoms with Crippen LogP contribution in [0.25, 0.3) is 5.69 Å². The first-order valence-electron chi connectivity index (χ1n) is 7.16. The molecular weight excluding hydrogens is 266 g/mol. The summed E-state index contributed by atoms with van der Waals surface area (Å²) in [4.78, 5) is 16.0. The first-order chi connectivity index (χ1) is 10.1. The van der Waals surface area contributed by atoms with Crippen LogP contribution in [0.15, 0.2) is 43.0 Å². The van der Waals surface area contributed by atoms with E-state index in [1.54, 1.807) is 24.7 Å². The highest BCUT2D eigenvalue weighted by Crippen LogP contribution is 2.10. The summed E-state index contributed by atoms with van der Waals surface area (Å²) < 4.78 is 1.87. The Morgan fingerprint density at radius 1 is 1.38 bits per heavy atom. The summed E-state index contributed by atoms with van der Waals surface area (Å²) in [5.41, 5.74) is 1.53. The predicted octanol–water partition coefficient (Wildman–Crippen LogP) is 2.01. The summed E-state index contributed by atoms with van der Waals surface area (Å²) >= 11 is 0. The van der Waals surface area contributed by atoms with Gasteiger partial charge in [0.2, 0.25) is 0 Å². The van der Waals surface area contributed by atoms with Crippen molar-refractivity contribution in [3.63, 3.8) is 0 Å². The van der Waals surface area contributed by atoms with E-state index in [0.717, 1.165) is 12.1 Å². The fraction of sp³-hybridized carbons (Fsp3) is 0.375. The molecule has 1 aromatic carbocycles. The third kappa shape index (κ3) is 3.92. The van der Waals surface area contributed by atoms with E-state index in [4.69, 9.17) is 0 Å². The van der Waals surface area contributed by atoms with Crippen LogP contribution in [-0.4, -0.2) is 33.2 Å². The van der Waals surface area contributed by atoms with Gasteiger partial charge < -0.3 is 15.0 Å². The molecule has 1 aromatic heterocycles. The number of carbonyl (C=O) groups is 1. The highest BCUT2D eigenvalue weighted by molar-refractivity contribution is 5.94. The Hall–Kier alpha value is -2.14. The summed E-state index contributed by atoms with van der Waals surface area (Å²) in [6, 6.07) is 7.25. The summed E-state index contributed by atoms with van der Waals surface area (Å²) in [5, 5.41) is 12.6. The standard InChI is InChI=1S/C16H21N3O2/c1-3-12(2)15(20)10-18-16(21)13-4-6-14(7-5-13)19-9-8-17-11-19/h4-9,11-12,15,20H,3,10H2,1-2H3,(H,18,21). The average Bonchev–Trinajstić information content (AvgIpc) is 3.06. The lowest BCUT2D eigenvalue weighted by Gasteiger charge is -2.17. The van der Waals surface area contributed by atoms with Crippen LogP contribution >= 0.6 is 0 Å². The van der Waals surface area contributed by atoms with Gasteiger partial charge in [-0.1, -0.05) is 20.3 Å². The van der Waals surface area contributed by atoms with Crippen molar-refractivity contribution in [3.8, 4) is 5.69 Å². The topological polar surface area (TPSA) is 67.2 Å². The molecule has 21 heavy (non-hydrogen) atoms. The van der Waals surface area contributed by atoms with Gasteiger partial charge in [-0.25, -0.2) is 4.98 Å². The van der Waals surface area contributed by atoms with Crippen LogP contribution in [0.5, 0.6) is 0 Å². The Morgan fingerprint density at radius 3 is 2.67 bits per heavy atom. The number of aliphatic hydroxyl groups is 1. The second-order valence-corrected chi connectivity index (χ2v) is 5.18. The van der Waals surface area contributed by atoms with Gasteiger partial charge in [-0.3, -0.25) is 4.79 Å². The molecule has 2 N–H and O–H groups in total. The van der Waals surface area contributed by atoms with Gasteiger partial charge in [0, 0.05) is 30.2 Å². The van der Waals surface area contributed by atoms with Crippen LogP contribution in [0.2, 0.25) is 0 Å². The molecule has 0 fully saturated rings. The van der Waals surface area contributed by atoms with Crippen molar-refractivity contribution in [1.82, 2.24) is 14.9 Å². The molecule has 0 saturated carbocycles. The van der Waals surface area contributed by atoms with Crippen molar-refractivity contribution < 1.29 is 9.90 Å². The maximum Gasteiger partial charge on any atom is 0.251 e. The summed E-state index contributed by atoms with van der Waals surface area (Å²) in [6.45, 7) is 4.26. The number of nitrogens with one attached hydrogen (secondary N) is 1. The van der Waals surface area contributed by atoms with Crippen LogP contribution < -0.4 is 5.32 Å². The summed E-state index contributed by atoms with van der Waals surface area (Å²) in [5.74, 6) is 0.00320. The zero-order valence-electron chi connectivity index (χ0n) is 12.4. The lowest BCUT2D eigenvalue weighted by molar-refractivity contribution is 0.0850. The molecular formula is C16H21N3O2. The molecule has 0 aliphatic heterocycles. The van der Waals surface area contributed by atoms with E-state index in [0.29, 0.717) is 5.56 Å². The van der Waals surface area contributed by atoms with Crippen molar-refractivity contribution in [2.75, 3.05) is 6.54 Å². The lowest BCUT2D eigenvalue weighted by atomic mass is 10.0. The van der Waals surface area contributed by atoms with E-state index >= 15 is 0 Å². The number of hydrogen-bond donors (Lipinski definition) is 2. The molecule has 0 bridgehead atoms. The maximum absolute atomic E-state index is 12.0. The average molecular weight is 287 g/mol. The second kappa shape index (κ2) is 7.04. The molecule has 0 radical (unpaired) electrons. The molecule has 0 saturated heterocycles. The minimum atomic E-state index is -0.510. The monoisotopic (exact) mass is 287 g/mol. The fourth-order valence-corrected chi connectivity index (χ4v) is 1.97. The van der Waals surface area contributed by atoms with Gasteiger partial charge in [0.25, 0.3) is 5.91 Å². The first-order valence-corrected chi connectivity index (χ1v) is 7.16. The van der Waals surface area contributed by atoms with Crippen LogP contribution in [0.3, 0.4) is 0 Å². The number of imidazole rings is 1. The molecule has 1 heterocycles. The Morgan fingerprint density at radius 2 is 2.10 bits per heavy atom. The Labute approximate surface area is 124 Å². The third-order valence-electron chi connectivity index (χ3n) is 3.70. The zero-order valence-corrected chi connectivity index (χ0v) is 12.4. The van der Waals surface area contributed by atoms with E-state index in [1.165, 1.54) is 0 Å². The molecule has 112 valence electrons. The first kappa shape index (κ1) is 15.3. The van der Waals surface area contributed by atoms with Crippen molar-refractivity contribution >= 4 is 5.91 Å². The summed E-state index contributed by atoms with van der Waals surface area (Å²) in [6.07, 6.45) is 5.63. The molecule has 1 amide bonds. The van der Waals surface area contributed by atoms with Gasteiger partial charge in [-0.15, -0.1) is 0 Å². The van der Waals surface area contributed by atoms with Gasteiger partial charge in [0.05, 0.1) is 12.4 Å².